The summed E-state index contributed by atoms with van der Waals surface area (Å²) in [5.74, 6) is 0.530. The number of rotatable bonds is 7. The van der Waals surface area contributed by atoms with Gasteiger partial charge < -0.3 is 5.32 Å². The number of likely N-dealkylation sites (tertiary alicyclic amines) is 1. The highest BCUT2D eigenvalue weighted by atomic mass is 32.1. The topological polar surface area (TPSA) is 28.2 Å². The van der Waals surface area contributed by atoms with Crippen LogP contribution < -0.4 is 5.32 Å². The maximum Gasteiger partial charge on any atom is 0.107 e. The van der Waals surface area contributed by atoms with Gasteiger partial charge in [-0.25, -0.2) is 4.98 Å². The van der Waals surface area contributed by atoms with Gasteiger partial charge in [-0.05, 0) is 44.8 Å². The predicted octanol–water partition coefficient (Wildman–Crippen LogP) is 3.36. The lowest BCUT2D eigenvalue weighted by atomic mass is 10.1. The molecule has 1 aliphatic rings. The van der Waals surface area contributed by atoms with E-state index < -0.39 is 0 Å². The fourth-order valence-corrected chi connectivity index (χ4v) is 3.81. The van der Waals surface area contributed by atoms with Crippen LogP contribution in [-0.4, -0.2) is 29.5 Å². The van der Waals surface area contributed by atoms with E-state index in [9.17, 15) is 0 Å². The van der Waals surface area contributed by atoms with Gasteiger partial charge in [-0.2, -0.15) is 0 Å². The van der Waals surface area contributed by atoms with Gasteiger partial charge in [0, 0.05) is 11.4 Å². The summed E-state index contributed by atoms with van der Waals surface area (Å²) in [5.41, 5.74) is 1.31. The van der Waals surface area contributed by atoms with E-state index in [1.165, 1.54) is 47.9 Å². The second kappa shape index (κ2) is 7.36. The lowest BCUT2D eigenvalue weighted by Crippen LogP contribution is -2.18. The van der Waals surface area contributed by atoms with Crippen LogP contribution in [0.5, 0.6) is 0 Å². The molecule has 0 aromatic carbocycles. The third-order valence-electron chi connectivity index (χ3n) is 3.59. The largest absolute Gasteiger partial charge is 0.312 e. The smallest absolute Gasteiger partial charge is 0.107 e. The highest BCUT2D eigenvalue weighted by Gasteiger charge is 2.17. The van der Waals surface area contributed by atoms with E-state index in [-0.39, 0.29) is 0 Å². The molecule has 1 N–H and O–H groups in total. The van der Waals surface area contributed by atoms with Crippen LogP contribution >= 0.6 is 11.3 Å². The van der Waals surface area contributed by atoms with E-state index in [2.05, 4.69) is 31.0 Å². The zero-order valence-electron chi connectivity index (χ0n) is 12.5. The molecular weight excluding hydrogens is 254 g/mol. The summed E-state index contributed by atoms with van der Waals surface area (Å²) in [6.07, 6.45) is 3.90. The minimum atomic E-state index is 0.530. The summed E-state index contributed by atoms with van der Waals surface area (Å²) in [6.45, 7) is 12.3. The van der Waals surface area contributed by atoms with E-state index in [4.69, 9.17) is 4.98 Å². The van der Waals surface area contributed by atoms with Crippen LogP contribution in [0.3, 0.4) is 0 Å². The Kier molecular flexibility index (Phi) is 5.79. The summed E-state index contributed by atoms with van der Waals surface area (Å²) in [5, 5.41) is 4.81. The average Bonchev–Trinajstić information content (AvgIpc) is 3.00. The molecule has 4 heteroatoms. The van der Waals surface area contributed by atoms with Gasteiger partial charge in [0.2, 0.25) is 0 Å². The summed E-state index contributed by atoms with van der Waals surface area (Å²) in [4.78, 5) is 8.86. The molecule has 0 amide bonds. The van der Waals surface area contributed by atoms with Crippen molar-refractivity contribution < 1.29 is 0 Å². The maximum absolute atomic E-state index is 4.89. The molecule has 0 radical (unpaired) electrons. The highest BCUT2D eigenvalue weighted by Crippen LogP contribution is 2.26. The fraction of sp³-hybridized carbons (Fsp3) is 0.800. The van der Waals surface area contributed by atoms with Crippen LogP contribution in [0.2, 0.25) is 0 Å². The number of nitrogens with zero attached hydrogens (tertiary/aromatic N) is 2. The van der Waals surface area contributed by atoms with Crippen LogP contribution in [0, 0.1) is 0 Å². The Hall–Kier alpha value is -0.450. The van der Waals surface area contributed by atoms with Crippen molar-refractivity contribution in [2.24, 2.45) is 0 Å². The van der Waals surface area contributed by atoms with Crippen LogP contribution in [0.25, 0.3) is 0 Å². The van der Waals surface area contributed by atoms with Crippen LogP contribution in [-0.2, 0) is 13.1 Å². The van der Waals surface area contributed by atoms with E-state index in [1.807, 2.05) is 11.3 Å². The SMILES string of the molecule is CCCNCc1sc(CN2CCCC2)nc1C(C)C. The monoisotopic (exact) mass is 281 g/mol. The van der Waals surface area contributed by atoms with Gasteiger partial charge in [-0.15, -0.1) is 11.3 Å². The summed E-state index contributed by atoms with van der Waals surface area (Å²) < 4.78 is 0. The molecule has 0 bridgehead atoms. The van der Waals surface area contributed by atoms with Crippen molar-refractivity contribution in [3.8, 4) is 0 Å². The first-order valence-corrected chi connectivity index (χ1v) is 8.44. The van der Waals surface area contributed by atoms with E-state index in [0.29, 0.717) is 5.92 Å². The molecule has 0 atom stereocenters. The molecule has 1 saturated heterocycles. The second-order valence-corrected chi connectivity index (χ2v) is 6.90. The Morgan fingerprint density at radius 2 is 2.05 bits per heavy atom. The lowest BCUT2D eigenvalue weighted by Gasteiger charge is -2.11. The first-order chi connectivity index (χ1) is 9.20. The Morgan fingerprint density at radius 1 is 1.32 bits per heavy atom. The minimum Gasteiger partial charge on any atom is -0.312 e. The van der Waals surface area contributed by atoms with Crippen LogP contribution in [0.15, 0.2) is 0 Å². The highest BCUT2D eigenvalue weighted by molar-refractivity contribution is 7.11. The number of hydrogen-bond acceptors (Lipinski definition) is 4. The zero-order chi connectivity index (χ0) is 13.7. The second-order valence-electron chi connectivity index (χ2n) is 5.73. The van der Waals surface area contributed by atoms with Gasteiger partial charge in [-0.3, -0.25) is 4.90 Å². The van der Waals surface area contributed by atoms with E-state index >= 15 is 0 Å². The standard InChI is InChI=1S/C15H27N3S/c1-4-7-16-10-13-15(12(2)3)17-14(19-13)11-18-8-5-6-9-18/h12,16H,4-11H2,1-3H3. The number of aromatic nitrogens is 1. The molecule has 0 unspecified atom stereocenters. The van der Waals surface area contributed by atoms with Crippen molar-refractivity contribution in [3.63, 3.8) is 0 Å². The lowest BCUT2D eigenvalue weighted by molar-refractivity contribution is 0.330. The summed E-state index contributed by atoms with van der Waals surface area (Å²) in [6, 6.07) is 0. The van der Waals surface area contributed by atoms with Crippen LogP contribution in [0.1, 0.15) is 61.5 Å². The molecule has 2 rings (SSSR count). The van der Waals surface area contributed by atoms with Gasteiger partial charge in [0.15, 0.2) is 0 Å². The van der Waals surface area contributed by atoms with Crippen molar-refractivity contribution in [3.05, 3.63) is 15.6 Å². The Morgan fingerprint density at radius 3 is 2.68 bits per heavy atom. The van der Waals surface area contributed by atoms with E-state index in [1.54, 1.807) is 0 Å². The van der Waals surface area contributed by atoms with Gasteiger partial charge in [0.05, 0.1) is 12.2 Å². The molecule has 1 aromatic heterocycles. The molecular formula is C15H27N3S. The molecule has 108 valence electrons. The number of hydrogen-bond donors (Lipinski definition) is 1. The molecule has 0 spiro atoms. The number of nitrogens with one attached hydrogen (secondary N) is 1. The Bertz CT molecular complexity index is 381. The third-order valence-corrected chi connectivity index (χ3v) is 4.64. The van der Waals surface area contributed by atoms with Crippen molar-refractivity contribution in [2.45, 2.75) is 59.0 Å². The normalized spacial score (nSPS) is 16.6. The summed E-state index contributed by atoms with van der Waals surface area (Å²) >= 11 is 1.91. The Balaban J connectivity index is 2.01. The molecule has 1 aliphatic heterocycles. The van der Waals surface area contributed by atoms with Crippen molar-refractivity contribution in [2.75, 3.05) is 19.6 Å². The molecule has 3 nitrogen and oxygen atoms in total. The van der Waals surface area contributed by atoms with Gasteiger partial charge in [-0.1, -0.05) is 20.8 Å². The molecule has 19 heavy (non-hydrogen) atoms. The van der Waals surface area contributed by atoms with Crippen LogP contribution in [0.4, 0.5) is 0 Å². The maximum atomic E-state index is 4.89. The molecule has 0 aliphatic carbocycles. The van der Waals surface area contributed by atoms with Crippen molar-refractivity contribution in [1.82, 2.24) is 15.2 Å². The van der Waals surface area contributed by atoms with Gasteiger partial charge in [0.25, 0.3) is 0 Å². The van der Waals surface area contributed by atoms with Crippen molar-refractivity contribution in [1.29, 1.82) is 0 Å². The van der Waals surface area contributed by atoms with Crippen molar-refractivity contribution >= 4 is 11.3 Å². The minimum absolute atomic E-state index is 0.530. The molecule has 1 aromatic rings. The predicted molar refractivity (Wildman–Crippen MR) is 82.7 cm³/mol. The number of thiazole rings is 1. The molecule has 1 fully saturated rings. The third kappa shape index (κ3) is 4.26. The summed E-state index contributed by atoms with van der Waals surface area (Å²) in [7, 11) is 0. The molecule has 0 saturated carbocycles. The quantitative estimate of drug-likeness (QED) is 0.777. The zero-order valence-corrected chi connectivity index (χ0v) is 13.4. The Labute approximate surface area is 121 Å². The molecule has 2 heterocycles. The van der Waals surface area contributed by atoms with E-state index in [0.717, 1.165) is 19.6 Å². The fourth-order valence-electron chi connectivity index (χ4n) is 2.57. The van der Waals surface area contributed by atoms with Gasteiger partial charge in [0.1, 0.15) is 5.01 Å². The average molecular weight is 281 g/mol. The first kappa shape index (κ1) is 14.9. The first-order valence-electron chi connectivity index (χ1n) is 7.62. The van der Waals surface area contributed by atoms with Gasteiger partial charge >= 0.3 is 0 Å².